The second-order valence-electron chi connectivity index (χ2n) is 6.33. The summed E-state index contributed by atoms with van der Waals surface area (Å²) >= 11 is 1.62. The first-order valence-corrected chi connectivity index (χ1v) is 9.72. The van der Waals surface area contributed by atoms with Crippen LogP contribution in [-0.2, 0) is 17.8 Å². The van der Waals surface area contributed by atoms with Gasteiger partial charge in [-0.1, -0.05) is 48.5 Å². The van der Waals surface area contributed by atoms with Crippen molar-refractivity contribution in [2.24, 2.45) is 0 Å². The molecule has 1 aromatic heterocycles. The Hall–Kier alpha value is -2.92. The van der Waals surface area contributed by atoms with E-state index in [0.717, 1.165) is 16.0 Å². The SMILES string of the molecule is Cc1ccsc1CNC(=O)C(Cc1ccccc1)NC(=O)c1ccccc1. The third-order valence-electron chi connectivity index (χ3n) is 4.33. The second-order valence-corrected chi connectivity index (χ2v) is 7.33. The van der Waals surface area contributed by atoms with E-state index in [1.54, 1.807) is 35.6 Å². The molecule has 0 aliphatic rings. The van der Waals surface area contributed by atoms with Crippen molar-refractivity contribution in [1.29, 1.82) is 0 Å². The van der Waals surface area contributed by atoms with Gasteiger partial charge < -0.3 is 10.6 Å². The monoisotopic (exact) mass is 378 g/mol. The van der Waals surface area contributed by atoms with Crippen LogP contribution in [-0.4, -0.2) is 17.9 Å². The Morgan fingerprint density at radius 1 is 0.963 bits per heavy atom. The molecule has 1 heterocycles. The summed E-state index contributed by atoms with van der Waals surface area (Å²) in [4.78, 5) is 26.5. The molecule has 0 radical (unpaired) electrons. The lowest BCUT2D eigenvalue weighted by molar-refractivity contribution is -0.123. The molecule has 3 aromatic rings. The average Bonchev–Trinajstić information content (AvgIpc) is 3.12. The molecule has 0 aliphatic carbocycles. The first-order chi connectivity index (χ1) is 13.1. The molecule has 5 heteroatoms. The van der Waals surface area contributed by atoms with E-state index in [1.807, 2.05) is 54.8 Å². The molecule has 0 fully saturated rings. The smallest absolute Gasteiger partial charge is 0.251 e. The molecule has 3 rings (SSSR count). The highest BCUT2D eigenvalue weighted by molar-refractivity contribution is 7.10. The lowest BCUT2D eigenvalue weighted by Gasteiger charge is -2.19. The number of thiophene rings is 1. The summed E-state index contributed by atoms with van der Waals surface area (Å²) < 4.78 is 0. The van der Waals surface area contributed by atoms with Crippen molar-refractivity contribution in [3.63, 3.8) is 0 Å². The fraction of sp³-hybridized carbons (Fsp3) is 0.182. The summed E-state index contributed by atoms with van der Waals surface area (Å²) in [6.07, 6.45) is 0.439. The maximum Gasteiger partial charge on any atom is 0.251 e. The minimum Gasteiger partial charge on any atom is -0.349 e. The van der Waals surface area contributed by atoms with Crippen molar-refractivity contribution >= 4 is 23.2 Å². The van der Waals surface area contributed by atoms with E-state index in [-0.39, 0.29) is 11.8 Å². The molecule has 138 valence electrons. The highest BCUT2D eigenvalue weighted by Gasteiger charge is 2.22. The Labute approximate surface area is 163 Å². The first kappa shape index (κ1) is 18.9. The highest BCUT2D eigenvalue weighted by Crippen LogP contribution is 2.15. The summed E-state index contributed by atoms with van der Waals surface area (Å²) in [5.74, 6) is -0.435. The maximum atomic E-state index is 12.8. The van der Waals surface area contributed by atoms with Crippen molar-refractivity contribution in [2.45, 2.75) is 25.9 Å². The van der Waals surface area contributed by atoms with E-state index in [0.29, 0.717) is 18.5 Å². The Morgan fingerprint density at radius 2 is 1.63 bits per heavy atom. The van der Waals surface area contributed by atoms with Gasteiger partial charge in [-0.15, -0.1) is 11.3 Å². The van der Waals surface area contributed by atoms with E-state index in [9.17, 15) is 9.59 Å². The summed E-state index contributed by atoms with van der Waals surface area (Å²) in [6, 6.07) is 20.0. The zero-order chi connectivity index (χ0) is 19.1. The molecule has 0 aliphatic heterocycles. The minimum atomic E-state index is -0.639. The standard InChI is InChI=1S/C22H22N2O2S/c1-16-12-13-27-20(16)15-23-22(26)19(14-17-8-4-2-5-9-17)24-21(25)18-10-6-3-7-11-18/h2-13,19H,14-15H2,1H3,(H,23,26)(H,24,25). The fourth-order valence-corrected chi connectivity index (χ4v) is 3.61. The number of hydrogen-bond acceptors (Lipinski definition) is 3. The number of hydrogen-bond donors (Lipinski definition) is 2. The fourth-order valence-electron chi connectivity index (χ4n) is 2.77. The van der Waals surface area contributed by atoms with Gasteiger partial charge in [0, 0.05) is 16.9 Å². The lowest BCUT2D eigenvalue weighted by atomic mass is 10.0. The number of carbonyl (C=O) groups is 2. The van der Waals surface area contributed by atoms with E-state index in [1.165, 1.54) is 0 Å². The number of carbonyl (C=O) groups excluding carboxylic acids is 2. The molecule has 2 amide bonds. The van der Waals surface area contributed by atoms with Gasteiger partial charge in [-0.2, -0.15) is 0 Å². The van der Waals surface area contributed by atoms with Gasteiger partial charge in [-0.3, -0.25) is 9.59 Å². The first-order valence-electron chi connectivity index (χ1n) is 8.84. The molecule has 2 aromatic carbocycles. The number of amides is 2. The average molecular weight is 378 g/mol. The lowest BCUT2D eigenvalue weighted by Crippen LogP contribution is -2.47. The Morgan fingerprint density at radius 3 is 2.26 bits per heavy atom. The summed E-state index contributed by atoms with van der Waals surface area (Å²) in [7, 11) is 0. The molecule has 1 unspecified atom stereocenters. The predicted octanol–water partition coefficient (Wildman–Crippen LogP) is 3.71. The zero-order valence-corrected chi connectivity index (χ0v) is 16.0. The largest absolute Gasteiger partial charge is 0.349 e. The van der Waals surface area contributed by atoms with Crippen molar-refractivity contribution < 1.29 is 9.59 Å². The highest BCUT2D eigenvalue weighted by atomic mass is 32.1. The number of aryl methyl sites for hydroxylation is 1. The molecular weight excluding hydrogens is 356 g/mol. The Balaban J connectivity index is 1.71. The summed E-state index contributed by atoms with van der Waals surface area (Å²) in [5.41, 5.74) is 2.70. The van der Waals surface area contributed by atoms with Gasteiger partial charge >= 0.3 is 0 Å². The molecule has 0 spiro atoms. The van der Waals surface area contributed by atoms with Crippen LogP contribution >= 0.6 is 11.3 Å². The molecule has 1 atom stereocenters. The van der Waals surface area contributed by atoms with Gasteiger partial charge in [0.2, 0.25) is 5.91 Å². The summed E-state index contributed by atoms with van der Waals surface area (Å²) in [5, 5.41) is 7.85. The molecule has 27 heavy (non-hydrogen) atoms. The molecule has 0 saturated carbocycles. The van der Waals surface area contributed by atoms with Crippen LogP contribution < -0.4 is 10.6 Å². The van der Waals surface area contributed by atoms with Gasteiger partial charge in [0.15, 0.2) is 0 Å². The molecular formula is C22H22N2O2S. The topological polar surface area (TPSA) is 58.2 Å². The molecule has 0 bridgehead atoms. The van der Waals surface area contributed by atoms with Gasteiger partial charge in [0.05, 0.1) is 6.54 Å². The van der Waals surface area contributed by atoms with Crippen LogP contribution in [0.4, 0.5) is 0 Å². The predicted molar refractivity (Wildman–Crippen MR) is 109 cm³/mol. The van der Waals surface area contributed by atoms with Gasteiger partial charge in [0.25, 0.3) is 5.91 Å². The molecule has 0 saturated heterocycles. The Bertz CT molecular complexity index is 891. The van der Waals surface area contributed by atoms with Crippen LogP contribution in [0.2, 0.25) is 0 Å². The Kier molecular flexibility index (Phi) is 6.39. The zero-order valence-electron chi connectivity index (χ0n) is 15.1. The van der Waals surface area contributed by atoms with Crippen LogP contribution in [0.1, 0.15) is 26.4 Å². The van der Waals surface area contributed by atoms with E-state index >= 15 is 0 Å². The van der Waals surface area contributed by atoms with Crippen molar-refractivity contribution in [3.8, 4) is 0 Å². The number of nitrogens with one attached hydrogen (secondary N) is 2. The van der Waals surface area contributed by atoms with Crippen LogP contribution in [0.15, 0.2) is 72.1 Å². The molecule has 2 N–H and O–H groups in total. The second kappa shape index (κ2) is 9.14. The van der Waals surface area contributed by atoms with E-state index in [2.05, 4.69) is 10.6 Å². The van der Waals surface area contributed by atoms with Gasteiger partial charge in [0.1, 0.15) is 6.04 Å². The van der Waals surface area contributed by atoms with Gasteiger partial charge in [-0.25, -0.2) is 0 Å². The van der Waals surface area contributed by atoms with Crippen LogP contribution in [0.25, 0.3) is 0 Å². The third-order valence-corrected chi connectivity index (χ3v) is 5.35. The van der Waals surface area contributed by atoms with Crippen molar-refractivity contribution in [2.75, 3.05) is 0 Å². The van der Waals surface area contributed by atoms with Crippen LogP contribution in [0.3, 0.4) is 0 Å². The summed E-state index contributed by atoms with van der Waals surface area (Å²) in [6.45, 7) is 2.49. The maximum absolute atomic E-state index is 12.8. The van der Waals surface area contributed by atoms with E-state index in [4.69, 9.17) is 0 Å². The van der Waals surface area contributed by atoms with Crippen molar-refractivity contribution in [3.05, 3.63) is 93.7 Å². The van der Waals surface area contributed by atoms with Crippen molar-refractivity contribution in [1.82, 2.24) is 10.6 Å². The number of rotatable bonds is 7. The minimum absolute atomic E-state index is 0.184. The van der Waals surface area contributed by atoms with Crippen LogP contribution in [0.5, 0.6) is 0 Å². The quantitative estimate of drug-likeness (QED) is 0.658. The van der Waals surface area contributed by atoms with Gasteiger partial charge in [-0.05, 0) is 41.6 Å². The molecule has 4 nitrogen and oxygen atoms in total. The third kappa shape index (κ3) is 5.28. The number of benzene rings is 2. The normalized spacial score (nSPS) is 11.6. The van der Waals surface area contributed by atoms with E-state index < -0.39 is 6.04 Å². The van der Waals surface area contributed by atoms with Crippen LogP contribution in [0, 0.1) is 6.92 Å².